The fourth-order valence-electron chi connectivity index (χ4n) is 3.40. The van der Waals surface area contributed by atoms with Gasteiger partial charge in [0.05, 0.1) is 16.8 Å². The summed E-state index contributed by atoms with van der Waals surface area (Å²) in [5.41, 5.74) is 4.03. The van der Waals surface area contributed by atoms with E-state index in [9.17, 15) is 4.79 Å². The molecule has 0 atom stereocenters. The van der Waals surface area contributed by atoms with Gasteiger partial charge in [0.2, 0.25) is 5.91 Å². The fourth-order valence-corrected chi connectivity index (χ4v) is 3.40. The quantitative estimate of drug-likeness (QED) is 0.746. The monoisotopic (exact) mass is 288 g/mol. The largest absolute Gasteiger partial charge is 0.353 e. The van der Waals surface area contributed by atoms with Gasteiger partial charge in [0, 0.05) is 16.5 Å². The van der Waals surface area contributed by atoms with Crippen LogP contribution in [-0.4, -0.2) is 10.9 Å². The summed E-state index contributed by atoms with van der Waals surface area (Å²) in [4.78, 5) is 16.0. The molecule has 2 aromatic carbocycles. The lowest BCUT2D eigenvalue weighted by Gasteiger charge is -2.09. The second kappa shape index (κ2) is 4.01. The van der Waals surface area contributed by atoms with Crippen LogP contribution in [0.25, 0.3) is 22.2 Å². The van der Waals surface area contributed by atoms with Crippen LogP contribution >= 0.6 is 0 Å². The number of fused-ring (bicyclic) bond motifs is 2. The summed E-state index contributed by atoms with van der Waals surface area (Å²) in [6, 6.07) is 18.3. The molecule has 2 aliphatic rings. The summed E-state index contributed by atoms with van der Waals surface area (Å²) in [6.07, 6.45) is 2.14. The zero-order valence-corrected chi connectivity index (χ0v) is 12.1. The summed E-state index contributed by atoms with van der Waals surface area (Å²) in [5.74, 6) is 0.845. The zero-order chi connectivity index (χ0) is 14.7. The molecule has 3 aromatic rings. The summed E-state index contributed by atoms with van der Waals surface area (Å²) in [5, 5.41) is 4.28. The van der Waals surface area contributed by atoms with Crippen LogP contribution in [-0.2, 0) is 4.79 Å². The van der Waals surface area contributed by atoms with E-state index < -0.39 is 0 Å². The Balaban J connectivity index is 1.65. The van der Waals surface area contributed by atoms with Gasteiger partial charge in [-0.2, -0.15) is 0 Å². The molecule has 2 saturated carbocycles. The third-order valence-corrected chi connectivity index (χ3v) is 5.14. The van der Waals surface area contributed by atoms with Crippen LogP contribution in [0.3, 0.4) is 0 Å². The van der Waals surface area contributed by atoms with Gasteiger partial charge in [0.1, 0.15) is 0 Å². The molecule has 5 rings (SSSR count). The SMILES string of the molecule is O=C(Nc1c(-c2ccccc2)[nH]c2ccccc12)C12CC1C2. The Morgan fingerprint density at radius 2 is 1.73 bits per heavy atom. The molecule has 2 N–H and O–H groups in total. The highest BCUT2D eigenvalue weighted by molar-refractivity contribution is 6.10. The third kappa shape index (κ3) is 1.59. The van der Waals surface area contributed by atoms with E-state index in [2.05, 4.69) is 28.5 Å². The summed E-state index contributed by atoms with van der Waals surface area (Å²) < 4.78 is 0. The minimum Gasteiger partial charge on any atom is -0.353 e. The molecule has 3 heteroatoms. The van der Waals surface area contributed by atoms with Gasteiger partial charge in [-0.1, -0.05) is 48.5 Å². The number of hydrogen-bond acceptors (Lipinski definition) is 1. The number of H-pyrrole nitrogens is 1. The molecule has 0 spiro atoms. The number of carbonyl (C=O) groups is 1. The summed E-state index contributed by atoms with van der Waals surface area (Å²) in [6.45, 7) is 0. The predicted octanol–water partition coefficient (Wildman–Crippen LogP) is 4.18. The number of amides is 1. The van der Waals surface area contributed by atoms with Crippen LogP contribution < -0.4 is 5.32 Å². The average Bonchev–Trinajstić information content (AvgIpc) is 3.39. The van der Waals surface area contributed by atoms with Gasteiger partial charge in [-0.05, 0) is 24.8 Å². The van der Waals surface area contributed by atoms with Gasteiger partial charge >= 0.3 is 0 Å². The Morgan fingerprint density at radius 3 is 2.45 bits per heavy atom. The first-order chi connectivity index (χ1) is 10.8. The normalized spacial score (nSPS) is 24.8. The second-order valence-corrected chi connectivity index (χ2v) is 6.50. The average molecular weight is 288 g/mol. The van der Waals surface area contributed by atoms with Crippen LogP contribution in [0, 0.1) is 11.3 Å². The van der Waals surface area contributed by atoms with Crippen molar-refractivity contribution < 1.29 is 4.79 Å². The fraction of sp³-hybridized carbons (Fsp3) is 0.211. The highest BCUT2D eigenvalue weighted by atomic mass is 16.2. The van der Waals surface area contributed by atoms with Crippen molar-refractivity contribution in [3.8, 4) is 11.3 Å². The van der Waals surface area contributed by atoms with Crippen LogP contribution in [0.1, 0.15) is 12.8 Å². The van der Waals surface area contributed by atoms with Crippen molar-refractivity contribution in [1.29, 1.82) is 0 Å². The van der Waals surface area contributed by atoms with E-state index in [4.69, 9.17) is 0 Å². The first kappa shape index (κ1) is 12.0. The van der Waals surface area contributed by atoms with Crippen molar-refractivity contribution in [3.63, 3.8) is 0 Å². The van der Waals surface area contributed by atoms with E-state index in [1.165, 1.54) is 0 Å². The van der Waals surface area contributed by atoms with Crippen molar-refractivity contribution in [3.05, 3.63) is 54.6 Å². The van der Waals surface area contributed by atoms with E-state index in [1.54, 1.807) is 0 Å². The lowest BCUT2D eigenvalue weighted by molar-refractivity contribution is -0.119. The minimum absolute atomic E-state index is 0.0215. The lowest BCUT2D eigenvalue weighted by Crippen LogP contribution is -2.18. The van der Waals surface area contributed by atoms with Crippen molar-refractivity contribution in [2.24, 2.45) is 11.3 Å². The van der Waals surface area contributed by atoms with Gasteiger partial charge in [0.15, 0.2) is 0 Å². The molecular weight excluding hydrogens is 272 g/mol. The van der Waals surface area contributed by atoms with E-state index in [0.29, 0.717) is 5.92 Å². The maximum Gasteiger partial charge on any atom is 0.230 e. The number of para-hydroxylation sites is 1. The van der Waals surface area contributed by atoms with E-state index in [-0.39, 0.29) is 11.3 Å². The van der Waals surface area contributed by atoms with Gasteiger partial charge in [-0.3, -0.25) is 4.79 Å². The number of aromatic amines is 1. The van der Waals surface area contributed by atoms with Crippen LogP contribution in [0.4, 0.5) is 5.69 Å². The van der Waals surface area contributed by atoms with E-state index in [0.717, 1.165) is 40.7 Å². The van der Waals surface area contributed by atoms with Gasteiger partial charge < -0.3 is 10.3 Å². The molecular formula is C19H16N2O. The Hall–Kier alpha value is -2.55. The van der Waals surface area contributed by atoms with Crippen molar-refractivity contribution in [1.82, 2.24) is 4.98 Å². The van der Waals surface area contributed by atoms with Crippen LogP contribution in [0.15, 0.2) is 54.6 Å². The third-order valence-electron chi connectivity index (χ3n) is 5.14. The Kier molecular flexibility index (Phi) is 2.19. The maximum atomic E-state index is 12.5. The first-order valence-electron chi connectivity index (χ1n) is 7.75. The number of anilines is 1. The van der Waals surface area contributed by atoms with Crippen LogP contribution in [0.5, 0.6) is 0 Å². The Bertz CT molecular complexity index is 888. The molecule has 3 nitrogen and oxygen atoms in total. The predicted molar refractivity (Wildman–Crippen MR) is 87.5 cm³/mol. The zero-order valence-electron chi connectivity index (χ0n) is 12.1. The number of hydrogen-bond donors (Lipinski definition) is 2. The van der Waals surface area contributed by atoms with E-state index >= 15 is 0 Å². The molecule has 1 amide bonds. The van der Waals surface area contributed by atoms with Crippen LogP contribution in [0.2, 0.25) is 0 Å². The van der Waals surface area contributed by atoms with Gasteiger partial charge in [-0.15, -0.1) is 0 Å². The molecule has 22 heavy (non-hydrogen) atoms. The standard InChI is InChI=1S/C19H16N2O/c22-18(19-10-13(19)11-19)21-17-14-8-4-5-9-15(14)20-16(17)12-6-2-1-3-7-12/h1-9,13,20H,10-11H2,(H,21,22). The molecule has 0 aliphatic heterocycles. The lowest BCUT2D eigenvalue weighted by atomic mass is 10.1. The topological polar surface area (TPSA) is 44.9 Å². The van der Waals surface area contributed by atoms with Gasteiger partial charge in [-0.25, -0.2) is 0 Å². The molecule has 2 fully saturated rings. The smallest absolute Gasteiger partial charge is 0.230 e. The molecule has 2 aliphatic carbocycles. The van der Waals surface area contributed by atoms with Gasteiger partial charge in [0.25, 0.3) is 0 Å². The summed E-state index contributed by atoms with van der Waals surface area (Å²) >= 11 is 0. The molecule has 108 valence electrons. The molecule has 1 heterocycles. The first-order valence-corrected chi connectivity index (χ1v) is 7.75. The van der Waals surface area contributed by atoms with E-state index in [1.807, 2.05) is 36.4 Å². The Labute approximate surface area is 128 Å². The molecule has 0 unspecified atom stereocenters. The molecule has 0 saturated heterocycles. The highest BCUT2D eigenvalue weighted by Crippen LogP contribution is 2.75. The molecule has 1 aromatic heterocycles. The molecule has 0 radical (unpaired) electrons. The van der Waals surface area contributed by atoms with Crippen molar-refractivity contribution >= 4 is 22.5 Å². The summed E-state index contributed by atoms with van der Waals surface area (Å²) in [7, 11) is 0. The number of benzene rings is 2. The van der Waals surface area contributed by atoms with Crippen molar-refractivity contribution in [2.45, 2.75) is 12.8 Å². The highest BCUT2D eigenvalue weighted by Gasteiger charge is 2.74. The number of carbonyl (C=O) groups excluding carboxylic acids is 1. The molecule has 0 bridgehead atoms. The maximum absolute atomic E-state index is 12.5. The number of nitrogens with one attached hydrogen (secondary N) is 2. The number of aromatic nitrogens is 1. The van der Waals surface area contributed by atoms with Crippen molar-refractivity contribution in [2.75, 3.05) is 5.32 Å². The number of rotatable bonds is 3. The minimum atomic E-state index is -0.0215. The second-order valence-electron chi connectivity index (χ2n) is 6.50. The Morgan fingerprint density at radius 1 is 1.05 bits per heavy atom.